The Kier molecular flexibility index (Phi) is 11.6. The maximum atomic E-state index is 11.7. The minimum Gasteiger partial charge on any atom is -0.481 e. The summed E-state index contributed by atoms with van der Waals surface area (Å²) in [6.07, 6.45) is 4.28. The number of unbranched alkanes of at least 4 members (excludes halogenated alkanes) is 1. The normalized spacial score (nSPS) is 16.3. The predicted octanol–water partition coefficient (Wildman–Crippen LogP) is 3.62. The number of hydrogen-bond acceptors (Lipinski definition) is 7. The fourth-order valence-corrected chi connectivity index (χ4v) is 3.27. The van der Waals surface area contributed by atoms with Gasteiger partial charge in [0.05, 0.1) is 13.0 Å². The molecular weight excluding hydrogens is 350 g/mol. The van der Waals surface area contributed by atoms with Crippen molar-refractivity contribution in [2.24, 2.45) is 5.92 Å². The zero-order valence-corrected chi connectivity index (χ0v) is 15.0. The molecule has 0 heterocycles. The number of hydrogen-bond donors (Lipinski definition) is 3. The van der Waals surface area contributed by atoms with Gasteiger partial charge in [-0.05, 0) is 25.2 Å². The van der Waals surface area contributed by atoms with Crippen molar-refractivity contribution in [1.82, 2.24) is 0 Å². The fraction of sp³-hybridized carbons (Fsp3) is 0.750. The average Bonchev–Trinajstić information content (AvgIpc) is 2.42. The van der Waals surface area contributed by atoms with Gasteiger partial charge in [0.2, 0.25) is 0 Å². The van der Waals surface area contributed by atoms with Crippen LogP contribution in [0.25, 0.3) is 0 Å². The zero-order chi connectivity index (χ0) is 17.9. The molecule has 0 saturated carbocycles. The Morgan fingerprint density at radius 3 is 2.52 bits per heavy atom. The van der Waals surface area contributed by atoms with E-state index in [0.717, 1.165) is 12.8 Å². The molecule has 23 heavy (non-hydrogen) atoms. The lowest BCUT2D eigenvalue weighted by molar-refractivity contribution is -0.441. The second-order valence-corrected chi connectivity index (χ2v) is 10.0. The molecule has 9 nitrogen and oxygen atoms in total. The lowest BCUT2D eigenvalue weighted by Crippen LogP contribution is -2.02. The second-order valence-electron chi connectivity index (χ2n) is 5.27. The second kappa shape index (κ2) is 11.9. The van der Waals surface area contributed by atoms with Gasteiger partial charge < -0.3 is 14.5 Å². The van der Waals surface area contributed by atoms with E-state index in [4.69, 9.17) is 15.3 Å². The number of aliphatic carboxylic acids is 1. The van der Waals surface area contributed by atoms with Crippen LogP contribution in [0.15, 0.2) is 11.6 Å². The lowest BCUT2D eigenvalue weighted by atomic mass is 10.0. The number of allylic oxidation sites excluding steroid dienone is 1. The summed E-state index contributed by atoms with van der Waals surface area (Å²) in [7, 11) is -8.22. The van der Waals surface area contributed by atoms with E-state index in [9.17, 15) is 13.9 Å². The minimum atomic E-state index is -4.47. The van der Waals surface area contributed by atoms with E-state index < -0.39 is 21.0 Å². The third kappa shape index (κ3) is 10.8. The first-order valence-electron chi connectivity index (χ1n) is 7.09. The molecule has 0 spiro atoms. The Morgan fingerprint density at radius 2 is 2.04 bits per heavy atom. The molecule has 0 rings (SSSR count). The van der Waals surface area contributed by atoms with Crippen LogP contribution in [0.3, 0.4) is 0 Å². The van der Waals surface area contributed by atoms with Gasteiger partial charge in [-0.25, -0.2) is 9.82 Å². The third-order valence-corrected chi connectivity index (χ3v) is 6.12. The van der Waals surface area contributed by atoms with Crippen molar-refractivity contribution in [2.45, 2.75) is 46.0 Å². The van der Waals surface area contributed by atoms with Crippen molar-refractivity contribution in [3.8, 4) is 0 Å². The van der Waals surface area contributed by atoms with Crippen LogP contribution >= 0.6 is 15.0 Å². The van der Waals surface area contributed by atoms with Gasteiger partial charge in [0.25, 0.3) is 0 Å². The molecule has 0 fully saturated rings. The smallest absolute Gasteiger partial charge is 0.438 e. The highest BCUT2D eigenvalue weighted by Gasteiger charge is 2.33. The van der Waals surface area contributed by atoms with Crippen LogP contribution in [0.5, 0.6) is 0 Å². The van der Waals surface area contributed by atoms with Crippen molar-refractivity contribution in [1.29, 1.82) is 0 Å². The van der Waals surface area contributed by atoms with Gasteiger partial charge in [0.15, 0.2) is 0 Å². The van der Waals surface area contributed by atoms with Crippen molar-refractivity contribution < 1.29 is 43.4 Å². The highest BCUT2D eigenvalue weighted by molar-refractivity contribution is 8.20. The van der Waals surface area contributed by atoms with Gasteiger partial charge in [-0.1, -0.05) is 37.0 Å². The minimum absolute atomic E-state index is 0.0991. The highest BCUT2D eigenvalue weighted by atomic mass is 32.1. The summed E-state index contributed by atoms with van der Waals surface area (Å²) in [4.78, 5) is 19.7. The topological polar surface area (TPSA) is 140 Å². The maximum absolute atomic E-state index is 11.7. The van der Waals surface area contributed by atoms with Crippen molar-refractivity contribution in [2.75, 3.05) is 6.61 Å². The molecule has 0 saturated heterocycles. The highest BCUT2D eigenvalue weighted by Crippen LogP contribution is 2.68. The van der Waals surface area contributed by atoms with Crippen molar-refractivity contribution in [3.63, 3.8) is 0 Å². The van der Waals surface area contributed by atoms with Crippen LogP contribution in [0.4, 0.5) is 0 Å². The first kappa shape index (κ1) is 22.5. The van der Waals surface area contributed by atoms with Gasteiger partial charge in [0, 0.05) is 0 Å². The number of carboxylic acid groups (broad SMARTS) is 1. The van der Waals surface area contributed by atoms with E-state index in [1.54, 1.807) is 6.08 Å². The molecule has 3 N–H and O–H groups in total. The molecule has 2 atom stereocenters. The first-order valence-corrected chi connectivity index (χ1v) is 10.8. The SMILES string of the molecule is CC(C)CCC/C=C(/CCOP(=O)(OOO)[PH](=O)O)CC(=O)O. The molecule has 0 bridgehead atoms. The van der Waals surface area contributed by atoms with Crippen LogP contribution in [-0.2, 0) is 28.2 Å². The van der Waals surface area contributed by atoms with Gasteiger partial charge in [-0.3, -0.25) is 9.36 Å². The quantitative estimate of drug-likeness (QED) is 0.145. The van der Waals surface area contributed by atoms with Crippen molar-refractivity contribution >= 4 is 21.0 Å². The number of carbonyl (C=O) groups is 1. The van der Waals surface area contributed by atoms with E-state index in [1.165, 1.54) is 0 Å². The fourth-order valence-electron chi connectivity index (χ4n) is 1.74. The number of rotatable bonds is 13. The molecule has 0 aliphatic carbocycles. The molecule has 11 heteroatoms. The largest absolute Gasteiger partial charge is 0.481 e. The van der Waals surface area contributed by atoms with Gasteiger partial charge in [0.1, 0.15) is 0 Å². The monoisotopic (exact) mass is 374 g/mol. The Labute approximate surface area is 135 Å². The van der Waals surface area contributed by atoms with Crippen LogP contribution < -0.4 is 0 Å². The molecule has 0 aliphatic rings. The summed E-state index contributed by atoms with van der Waals surface area (Å²) in [5, 5.41) is 20.1. The van der Waals surface area contributed by atoms with E-state index in [1.807, 2.05) is 0 Å². The summed E-state index contributed by atoms with van der Waals surface area (Å²) in [5.74, 6) is -0.465. The number of carboxylic acids is 1. The Morgan fingerprint density at radius 1 is 1.39 bits per heavy atom. The van der Waals surface area contributed by atoms with Gasteiger partial charge in [-0.15, -0.1) is 4.67 Å². The third-order valence-electron chi connectivity index (χ3n) is 2.85. The first-order chi connectivity index (χ1) is 10.7. The lowest BCUT2D eigenvalue weighted by Gasteiger charge is -2.13. The molecule has 0 amide bonds. The molecule has 2 unspecified atom stereocenters. The van der Waals surface area contributed by atoms with Crippen molar-refractivity contribution in [3.05, 3.63) is 11.6 Å². The molecule has 0 aromatic rings. The van der Waals surface area contributed by atoms with Crippen LogP contribution in [0.2, 0.25) is 0 Å². The standard InChI is InChI=1S/C12H24O9P2/c1-10(2)5-3-4-6-11(9-12(13)14)7-8-19-23(18,21-20-15)22(16)17/h6,10,15,22H,3-5,7-9H2,1-2H3,(H,13,14)(H,16,17)/b11-6-. The molecule has 0 aromatic carbocycles. The molecule has 136 valence electrons. The summed E-state index contributed by atoms with van der Waals surface area (Å²) < 4.78 is 31.1. The Hall–Kier alpha value is -0.530. The van der Waals surface area contributed by atoms with Crippen LogP contribution in [-0.4, -0.2) is 27.8 Å². The molecule has 0 aromatic heterocycles. The van der Waals surface area contributed by atoms with E-state index in [-0.39, 0.29) is 19.4 Å². The molecular formula is C12H24O9P2. The zero-order valence-electron chi connectivity index (χ0n) is 13.1. The Bertz CT molecular complexity index is 461. The van der Waals surface area contributed by atoms with E-state index in [0.29, 0.717) is 17.9 Å². The van der Waals surface area contributed by atoms with E-state index >= 15 is 0 Å². The van der Waals surface area contributed by atoms with Crippen LogP contribution in [0, 0.1) is 5.92 Å². The molecule has 0 radical (unpaired) electrons. The van der Waals surface area contributed by atoms with E-state index in [2.05, 4.69) is 28.1 Å². The Balaban J connectivity index is 4.54. The van der Waals surface area contributed by atoms with Gasteiger partial charge in [-0.2, -0.15) is 0 Å². The molecule has 0 aliphatic heterocycles. The maximum Gasteiger partial charge on any atom is 0.438 e. The summed E-state index contributed by atoms with van der Waals surface area (Å²) in [6.45, 7) is 3.88. The summed E-state index contributed by atoms with van der Waals surface area (Å²) >= 11 is 0. The van der Waals surface area contributed by atoms with Gasteiger partial charge >= 0.3 is 21.0 Å². The van der Waals surface area contributed by atoms with Crippen LogP contribution in [0.1, 0.15) is 46.0 Å². The summed E-state index contributed by atoms with van der Waals surface area (Å²) in [5.41, 5.74) is 0.551. The average molecular weight is 374 g/mol. The predicted molar refractivity (Wildman–Crippen MR) is 83.2 cm³/mol. The summed E-state index contributed by atoms with van der Waals surface area (Å²) in [6, 6.07) is 0.